The Morgan fingerprint density at radius 2 is 1.87 bits per heavy atom. The lowest BCUT2D eigenvalue weighted by molar-refractivity contribution is -0.168. The summed E-state index contributed by atoms with van der Waals surface area (Å²) in [5.74, 6) is 0.851. The van der Waals surface area contributed by atoms with E-state index in [1.165, 1.54) is 6.42 Å². The summed E-state index contributed by atoms with van der Waals surface area (Å²) in [4.78, 5) is 30.0. The molecule has 2 heterocycles. The minimum atomic E-state index is -0.864. The number of carbonyl (C=O) groups is 2. The van der Waals surface area contributed by atoms with Gasteiger partial charge in [-0.05, 0) is 50.3 Å². The van der Waals surface area contributed by atoms with E-state index in [4.69, 9.17) is 21.1 Å². The van der Waals surface area contributed by atoms with Crippen molar-refractivity contribution in [1.29, 1.82) is 0 Å². The molecular weight excluding hydrogens is 416 g/mol. The Labute approximate surface area is 190 Å². The van der Waals surface area contributed by atoms with Crippen LogP contribution >= 0.6 is 11.6 Å². The van der Waals surface area contributed by atoms with E-state index in [-0.39, 0.29) is 30.8 Å². The lowest BCUT2D eigenvalue weighted by Gasteiger charge is -2.44. The number of rotatable bonds is 8. The molecule has 0 N–H and O–H groups in total. The second kappa shape index (κ2) is 11.2. The molecule has 1 aromatic carbocycles. The second-order valence-electron chi connectivity index (χ2n) is 8.67. The molecule has 0 radical (unpaired) electrons. The molecule has 0 spiro atoms. The zero-order valence-electron chi connectivity index (χ0n) is 18.8. The van der Waals surface area contributed by atoms with Gasteiger partial charge >= 0.3 is 0 Å². The standard InChI is InChI=1S/C24H35ClN2O4/c1-3-19(4-2)23(29)27-13-14-31-24(17-27,16-22(28)26-11-6-5-7-12-26)18-30-21-10-8-9-20(25)15-21/h8-10,15,19H,3-7,11-14,16-18H2,1-2H3/t24-/m1/s1. The van der Waals surface area contributed by atoms with Gasteiger partial charge in [-0.3, -0.25) is 9.59 Å². The lowest BCUT2D eigenvalue weighted by atomic mass is 9.94. The third kappa shape index (κ3) is 6.36. The number of benzene rings is 1. The first-order valence-corrected chi connectivity index (χ1v) is 11.9. The predicted octanol–water partition coefficient (Wildman–Crippen LogP) is 4.16. The van der Waals surface area contributed by atoms with E-state index < -0.39 is 5.60 Å². The molecule has 0 aliphatic carbocycles. The molecular formula is C24H35ClN2O4. The first-order valence-electron chi connectivity index (χ1n) is 11.5. The molecule has 2 fully saturated rings. The maximum Gasteiger partial charge on any atom is 0.225 e. The van der Waals surface area contributed by atoms with Crippen LogP contribution in [0.4, 0.5) is 0 Å². The second-order valence-corrected chi connectivity index (χ2v) is 9.11. The molecule has 1 atom stereocenters. The summed E-state index contributed by atoms with van der Waals surface area (Å²) < 4.78 is 12.2. The number of halogens is 1. The van der Waals surface area contributed by atoms with E-state index in [9.17, 15) is 9.59 Å². The van der Waals surface area contributed by atoms with Gasteiger partial charge in [-0.2, -0.15) is 0 Å². The number of hydrogen-bond acceptors (Lipinski definition) is 4. The monoisotopic (exact) mass is 450 g/mol. The molecule has 172 valence electrons. The molecule has 0 aromatic heterocycles. The Morgan fingerprint density at radius 3 is 2.55 bits per heavy atom. The molecule has 1 aromatic rings. The summed E-state index contributed by atoms with van der Waals surface area (Å²) in [6.07, 6.45) is 5.08. The molecule has 31 heavy (non-hydrogen) atoms. The van der Waals surface area contributed by atoms with Crippen LogP contribution in [0.1, 0.15) is 52.4 Å². The highest BCUT2D eigenvalue weighted by molar-refractivity contribution is 6.30. The van der Waals surface area contributed by atoms with Gasteiger partial charge in [-0.25, -0.2) is 0 Å². The van der Waals surface area contributed by atoms with Crippen LogP contribution < -0.4 is 4.74 Å². The predicted molar refractivity (Wildman–Crippen MR) is 121 cm³/mol. The number of ether oxygens (including phenoxy) is 2. The number of amides is 2. The fourth-order valence-corrected chi connectivity index (χ4v) is 4.66. The highest BCUT2D eigenvalue weighted by Crippen LogP contribution is 2.28. The van der Waals surface area contributed by atoms with E-state index in [1.807, 2.05) is 35.8 Å². The summed E-state index contributed by atoms with van der Waals surface area (Å²) in [6, 6.07) is 7.20. The molecule has 2 aliphatic rings. The molecule has 2 saturated heterocycles. The van der Waals surface area contributed by atoms with E-state index in [2.05, 4.69) is 0 Å². The molecule has 2 aliphatic heterocycles. The summed E-state index contributed by atoms with van der Waals surface area (Å²) in [6.45, 7) is 7.18. The first-order chi connectivity index (χ1) is 15.0. The van der Waals surface area contributed by atoms with Crippen molar-refractivity contribution in [2.45, 2.75) is 58.0 Å². The highest BCUT2D eigenvalue weighted by atomic mass is 35.5. The number of likely N-dealkylation sites (tertiary alicyclic amines) is 1. The normalized spacial score (nSPS) is 21.9. The molecule has 0 saturated carbocycles. The number of hydrogen-bond donors (Lipinski definition) is 0. The van der Waals surface area contributed by atoms with Crippen LogP contribution in [0.2, 0.25) is 5.02 Å². The summed E-state index contributed by atoms with van der Waals surface area (Å²) in [7, 11) is 0. The van der Waals surface area contributed by atoms with Crippen LogP contribution in [-0.2, 0) is 14.3 Å². The van der Waals surface area contributed by atoms with Gasteiger partial charge < -0.3 is 19.3 Å². The van der Waals surface area contributed by atoms with E-state index in [0.717, 1.165) is 38.8 Å². The van der Waals surface area contributed by atoms with Gasteiger partial charge in [0.05, 0.1) is 19.6 Å². The van der Waals surface area contributed by atoms with Crippen LogP contribution in [0.5, 0.6) is 5.75 Å². The maximum atomic E-state index is 13.1. The van der Waals surface area contributed by atoms with Crippen molar-refractivity contribution in [3.63, 3.8) is 0 Å². The average molecular weight is 451 g/mol. The topological polar surface area (TPSA) is 59.1 Å². The van der Waals surface area contributed by atoms with Crippen molar-refractivity contribution >= 4 is 23.4 Å². The Kier molecular flexibility index (Phi) is 8.61. The minimum absolute atomic E-state index is 0.00226. The van der Waals surface area contributed by atoms with E-state index in [0.29, 0.717) is 30.5 Å². The van der Waals surface area contributed by atoms with Crippen LogP contribution in [0.15, 0.2) is 24.3 Å². The third-order valence-electron chi connectivity index (χ3n) is 6.38. The molecule has 3 rings (SSSR count). The van der Waals surface area contributed by atoms with E-state index >= 15 is 0 Å². The third-order valence-corrected chi connectivity index (χ3v) is 6.61. The summed E-state index contributed by atoms with van der Waals surface area (Å²) in [5, 5.41) is 0.589. The smallest absolute Gasteiger partial charge is 0.225 e. The van der Waals surface area contributed by atoms with Gasteiger partial charge in [-0.1, -0.05) is 31.5 Å². The Balaban J connectivity index is 1.77. The lowest BCUT2D eigenvalue weighted by Crippen LogP contribution is -2.59. The van der Waals surface area contributed by atoms with Crippen LogP contribution in [-0.4, -0.2) is 66.6 Å². The minimum Gasteiger partial charge on any atom is -0.490 e. The van der Waals surface area contributed by atoms with Gasteiger partial charge in [0.2, 0.25) is 11.8 Å². The Hall–Kier alpha value is -1.79. The molecule has 0 unspecified atom stereocenters. The van der Waals surface area contributed by atoms with Crippen molar-refractivity contribution in [2.24, 2.45) is 5.92 Å². The van der Waals surface area contributed by atoms with Gasteiger partial charge in [-0.15, -0.1) is 0 Å². The summed E-state index contributed by atoms with van der Waals surface area (Å²) in [5.41, 5.74) is -0.864. The van der Waals surface area contributed by atoms with Crippen LogP contribution in [0, 0.1) is 5.92 Å². The van der Waals surface area contributed by atoms with Gasteiger partial charge in [0.1, 0.15) is 18.0 Å². The molecule has 6 nitrogen and oxygen atoms in total. The number of carbonyl (C=O) groups excluding carboxylic acids is 2. The van der Waals surface area contributed by atoms with Crippen molar-refractivity contribution in [1.82, 2.24) is 9.80 Å². The van der Waals surface area contributed by atoms with Gasteiger partial charge in [0.25, 0.3) is 0 Å². The fourth-order valence-electron chi connectivity index (χ4n) is 4.48. The molecule has 7 heteroatoms. The van der Waals surface area contributed by atoms with Gasteiger partial charge in [0, 0.05) is 30.6 Å². The quantitative estimate of drug-likeness (QED) is 0.596. The Bertz CT molecular complexity index is 749. The summed E-state index contributed by atoms with van der Waals surface area (Å²) >= 11 is 6.09. The maximum absolute atomic E-state index is 13.1. The van der Waals surface area contributed by atoms with Crippen molar-refractivity contribution in [2.75, 3.05) is 39.4 Å². The zero-order valence-corrected chi connectivity index (χ0v) is 19.5. The largest absolute Gasteiger partial charge is 0.490 e. The number of nitrogens with zero attached hydrogens (tertiary/aromatic N) is 2. The number of morpholine rings is 1. The molecule has 0 bridgehead atoms. The van der Waals surface area contributed by atoms with Crippen molar-refractivity contribution in [3.8, 4) is 5.75 Å². The number of piperidine rings is 1. The SMILES string of the molecule is CCC(CC)C(=O)N1CCO[C@](COc2cccc(Cl)c2)(CC(=O)N2CCCCC2)C1. The highest BCUT2D eigenvalue weighted by Gasteiger charge is 2.43. The van der Waals surface area contributed by atoms with Crippen LogP contribution in [0.25, 0.3) is 0 Å². The first kappa shape index (κ1) is 23.9. The van der Waals surface area contributed by atoms with E-state index in [1.54, 1.807) is 12.1 Å². The van der Waals surface area contributed by atoms with Crippen molar-refractivity contribution in [3.05, 3.63) is 29.3 Å². The molecule has 2 amide bonds. The van der Waals surface area contributed by atoms with Crippen molar-refractivity contribution < 1.29 is 19.1 Å². The van der Waals surface area contributed by atoms with Gasteiger partial charge in [0.15, 0.2) is 0 Å². The zero-order chi connectivity index (χ0) is 22.3. The Morgan fingerprint density at radius 1 is 1.13 bits per heavy atom. The fraction of sp³-hybridized carbons (Fsp3) is 0.667. The average Bonchev–Trinajstić information content (AvgIpc) is 2.79. The van der Waals surface area contributed by atoms with Crippen LogP contribution in [0.3, 0.4) is 0 Å².